The van der Waals surface area contributed by atoms with Crippen molar-refractivity contribution in [2.24, 2.45) is 0 Å². The molecule has 0 aliphatic heterocycles. The van der Waals surface area contributed by atoms with Crippen LogP contribution in [0.5, 0.6) is 17.2 Å². The van der Waals surface area contributed by atoms with E-state index in [0.717, 1.165) is 11.3 Å². The third-order valence-electron chi connectivity index (χ3n) is 2.85. The minimum atomic E-state index is -0.383. The monoisotopic (exact) mass is 285 g/mol. The molecule has 0 amide bonds. The number of pyridine rings is 1. The number of aromatic nitrogens is 1. The Labute approximate surface area is 122 Å². The highest BCUT2D eigenvalue weighted by Gasteiger charge is 2.11. The van der Waals surface area contributed by atoms with Gasteiger partial charge in [-0.25, -0.2) is 4.98 Å². The van der Waals surface area contributed by atoms with Gasteiger partial charge in [0.05, 0.1) is 20.4 Å². The predicted octanol–water partition coefficient (Wildman–Crippen LogP) is 2.70. The second kappa shape index (κ2) is 6.56. The van der Waals surface area contributed by atoms with Crippen molar-refractivity contribution in [3.63, 3.8) is 0 Å². The molecular formula is C16H15NO4. The molecule has 0 bridgehead atoms. The zero-order valence-corrected chi connectivity index (χ0v) is 11.7. The van der Waals surface area contributed by atoms with Gasteiger partial charge in [-0.05, 0) is 23.8 Å². The van der Waals surface area contributed by atoms with Crippen molar-refractivity contribution < 1.29 is 19.4 Å². The van der Waals surface area contributed by atoms with Crippen LogP contribution in [-0.4, -0.2) is 30.1 Å². The Morgan fingerprint density at radius 3 is 2.38 bits per heavy atom. The van der Waals surface area contributed by atoms with Crippen LogP contribution < -0.4 is 9.47 Å². The van der Waals surface area contributed by atoms with Crippen LogP contribution in [0.1, 0.15) is 16.1 Å². The average Bonchev–Trinajstić information content (AvgIpc) is 2.52. The molecule has 0 atom stereocenters. The van der Waals surface area contributed by atoms with Gasteiger partial charge in [-0.3, -0.25) is 4.79 Å². The quantitative estimate of drug-likeness (QED) is 0.675. The van der Waals surface area contributed by atoms with Crippen LogP contribution in [0.25, 0.3) is 6.08 Å². The number of ether oxygens (including phenoxy) is 2. The number of rotatable bonds is 5. The molecule has 2 rings (SSSR count). The number of ketones is 1. The normalized spacial score (nSPS) is 10.6. The van der Waals surface area contributed by atoms with Crippen molar-refractivity contribution in [3.8, 4) is 17.2 Å². The molecule has 0 aliphatic rings. The first-order valence-electron chi connectivity index (χ1n) is 6.23. The Balaban J connectivity index is 2.14. The van der Waals surface area contributed by atoms with Crippen molar-refractivity contribution in [1.82, 2.24) is 4.98 Å². The average molecular weight is 285 g/mol. The van der Waals surface area contributed by atoms with Gasteiger partial charge in [0.2, 0.25) is 5.78 Å². The molecule has 0 aliphatic carbocycles. The van der Waals surface area contributed by atoms with E-state index in [1.54, 1.807) is 25.3 Å². The Bertz CT molecular complexity index is 662. The van der Waals surface area contributed by atoms with E-state index >= 15 is 0 Å². The van der Waals surface area contributed by atoms with E-state index in [2.05, 4.69) is 4.98 Å². The smallest absolute Gasteiger partial charge is 0.207 e. The summed E-state index contributed by atoms with van der Waals surface area (Å²) >= 11 is 0. The molecule has 21 heavy (non-hydrogen) atoms. The van der Waals surface area contributed by atoms with Crippen molar-refractivity contribution >= 4 is 11.9 Å². The fourth-order valence-electron chi connectivity index (χ4n) is 1.70. The number of carbonyl (C=O) groups excluding carboxylic acids is 1. The van der Waals surface area contributed by atoms with E-state index in [-0.39, 0.29) is 17.2 Å². The summed E-state index contributed by atoms with van der Waals surface area (Å²) in [6, 6.07) is 8.59. The minimum absolute atomic E-state index is 0.0134. The molecule has 0 unspecified atom stereocenters. The van der Waals surface area contributed by atoms with Gasteiger partial charge in [0.1, 0.15) is 17.2 Å². The molecule has 2 aromatic rings. The van der Waals surface area contributed by atoms with Crippen LogP contribution >= 0.6 is 0 Å². The van der Waals surface area contributed by atoms with E-state index in [1.807, 2.05) is 12.1 Å². The lowest BCUT2D eigenvalue weighted by atomic mass is 10.1. The Morgan fingerprint density at radius 1 is 1.14 bits per heavy atom. The lowest BCUT2D eigenvalue weighted by molar-refractivity contribution is 0.104. The van der Waals surface area contributed by atoms with Crippen LogP contribution in [0.2, 0.25) is 0 Å². The second-order valence-corrected chi connectivity index (χ2v) is 4.21. The van der Waals surface area contributed by atoms with Crippen molar-refractivity contribution in [2.75, 3.05) is 14.2 Å². The highest BCUT2D eigenvalue weighted by atomic mass is 16.5. The lowest BCUT2D eigenvalue weighted by Gasteiger charge is -2.03. The van der Waals surface area contributed by atoms with Crippen LogP contribution in [0.15, 0.2) is 42.6 Å². The van der Waals surface area contributed by atoms with E-state index in [1.165, 1.54) is 25.4 Å². The van der Waals surface area contributed by atoms with Gasteiger partial charge in [0.15, 0.2) is 5.69 Å². The highest BCUT2D eigenvalue weighted by molar-refractivity contribution is 6.07. The molecule has 108 valence electrons. The molecule has 1 heterocycles. The first-order valence-corrected chi connectivity index (χ1v) is 6.23. The molecule has 0 spiro atoms. The maximum Gasteiger partial charge on any atom is 0.207 e. The Kier molecular flexibility index (Phi) is 4.56. The molecular weight excluding hydrogens is 270 g/mol. The minimum Gasteiger partial charge on any atom is -0.505 e. The van der Waals surface area contributed by atoms with Crippen LogP contribution in [-0.2, 0) is 0 Å². The summed E-state index contributed by atoms with van der Waals surface area (Å²) < 4.78 is 9.97. The van der Waals surface area contributed by atoms with Gasteiger partial charge in [-0.1, -0.05) is 18.2 Å². The summed E-state index contributed by atoms with van der Waals surface area (Å²) in [5.41, 5.74) is 0.831. The van der Waals surface area contributed by atoms with E-state index < -0.39 is 0 Å². The number of aromatic hydroxyl groups is 1. The molecule has 1 aromatic carbocycles. The van der Waals surface area contributed by atoms with Crippen molar-refractivity contribution in [1.29, 1.82) is 0 Å². The first kappa shape index (κ1) is 14.6. The molecule has 0 fully saturated rings. The number of hydrogen-bond donors (Lipinski definition) is 1. The number of nitrogens with zero attached hydrogens (tertiary/aromatic N) is 1. The zero-order valence-electron chi connectivity index (χ0n) is 11.7. The summed E-state index contributed by atoms with van der Waals surface area (Å²) in [5, 5.41) is 9.74. The molecule has 1 aromatic heterocycles. The van der Waals surface area contributed by atoms with E-state index in [4.69, 9.17) is 9.47 Å². The van der Waals surface area contributed by atoms with Crippen LogP contribution in [0, 0.1) is 0 Å². The summed E-state index contributed by atoms with van der Waals surface area (Å²) in [6.45, 7) is 0. The van der Waals surface area contributed by atoms with Gasteiger partial charge in [-0.2, -0.15) is 0 Å². The summed E-state index contributed by atoms with van der Waals surface area (Å²) in [5.74, 6) is 0.542. The summed E-state index contributed by atoms with van der Waals surface area (Å²) in [6.07, 6.45) is 4.39. The lowest BCUT2D eigenvalue weighted by Crippen LogP contribution is -1.99. The SMILES string of the molecule is COc1ccc(C=CC(=O)c2ncc(OC)cc2O)cc1. The Morgan fingerprint density at radius 2 is 1.81 bits per heavy atom. The number of benzene rings is 1. The van der Waals surface area contributed by atoms with E-state index in [9.17, 15) is 9.90 Å². The fourth-order valence-corrected chi connectivity index (χ4v) is 1.70. The van der Waals surface area contributed by atoms with Gasteiger partial charge in [0, 0.05) is 6.07 Å². The molecule has 5 heteroatoms. The molecule has 0 saturated heterocycles. The van der Waals surface area contributed by atoms with Gasteiger partial charge in [-0.15, -0.1) is 0 Å². The van der Waals surface area contributed by atoms with Crippen molar-refractivity contribution in [3.05, 3.63) is 53.9 Å². The topological polar surface area (TPSA) is 68.7 Å². The summed E-state index contributed by atoms with van der Waals surface area (Å²) in [4.78, 5) is 15.9. The van der Waals surface area contributed by atoms with Gasteiger partial charge < -0.3 is 14.6 Å². The standard InChI is InChI=1S/C16H15NO4/c1-20-12-6-3-11(4-7-12)5-8-14(18)16-15(19)9-13(21-2)10-17-16/h3-10,19H,1-2H3. The second-order valence-electron chi connectivity index (χ2n) is 4.21. The first-order chi connectivity index (χ1) is 10.1. The molecule has 0 saturated carbocycles. The zero-order chi connectivity index (χ0) is 15.2. The largest absolute Gasteiger partial charge is 0.505 e. The molecule has 0 radical (unpaired) electrons. The fraction of sp³-hybridized carbons (Fsp3) is 0.125. The van der Waals surface area contributed by atoms with Crippen molar-refractivity contribution in [2.45, 2.75) is 0 Å². The Hall–Kier alpha value is -2.82. The van der Waals surface area contributed by atoms with Crippen LogP contribution in [0.3, 0.4) is 0 Å². The number of carbonyl (C=O) groups is 1. The number of allylic oxidation sites excluding steroid dienone is 1. The van der Waals surface area contributed by atoms with Crippen LogP contribution in [0.4, 0.5) is 0 Å². The summed E-state index contributed by atoms with van der Waals surface area (Å²) in [7, 11) is 3.05. The van der Waals surface area contributed by atoms with E-state index in [0.29, 0.717) is 5.75 Å². The molecule has 5 nitrogen and oxygen atoms in total. The maximum atomic E-state index is 12.0. The number of hydrogen-bond acceptors (Lipinski definition) is 5. The third-order valence-corrected chi connectivity index (χ3v) is 2.85. The number of methoxy groups -OCH3 is 2. The predicted molar refractivity (Wildman–Crippen MR) is 78.8 cm³/mol. The maximum absolute atomic E-state index is 12.0. The third kappa shape index (κ3) is 3.60. The molecule has 1 N–H and O–H groups in total. The van der Waals surface area contributed by atoms with Gasteiger partial charge in [0.25, 0.3) is 0 Å². The highest BCUT2D eigenvalue weighted by Crippen LogP contribution is 2.21. The van der Waals surface area contributed by atoms with Gasteiger partial charge >= 0.3 is 0 Å².